The summed E-state index contributed by atoms with van der Waals surface area (Å²) in [5.74, 6) is 0. The van der Waals surface area contributed by atoms with E-state index in [2.05, 4.69) is 39.0 Å². The Morgan fingerprint density at radius 1 is 1.24 bits per heavy atom. The predicted molar refractivity (Wildman–Crippen MR) is 100 cm³/mol. The number of pyridine rings is 1. The van der Waals surface area contributed by atoms with Crippen LogP contribution in [0.25, 0.3) is 5.65 Å². The molecule has 1 fully saturated rings. The fourth-order valence-electron chi connectivity index (χ4n) is 3.23. The summed E-state index contributed by atoms with van der Waals surface area (Å²) in [4.78, 5) is 21.1. The summed E-state index contributed by atoms with van der Waals surface area (Å²) in [5, 5.41) is 7.30. The van der Waals surface area contributed by atoms with Crippen molar-refractivity contribution in [3.63, 3.8) is 0 Å². The molecule has 3 aromatic heterocycles. The van der Waals surface area contributed by atoms with Gasteiger partial charge in [-0.25, -0.2) is 9.78 Å². The summed E-state index contributed by atoms with van der Waals surface area (Å²) >= 11 is 1.73. The van der Waals surface area contributed by atoms with Crippen LogP contribution in [0.3, 0.4) is 0 Å². The number of hydrogen-bond acceptors (Lipinski definition) is 4. The predicted octanol–water partition coefficient (Wildman–Crippen LogP) is 3.31. The Hall–Kier alpha value is -2.38. The average Bonchev–Trinajstić information content (AvgIpc) is 3.32. The quantitative estimate of drug-likeness (QED) is 0.784. The minimum atomic E-state index is -0.0428. The van der Waals surface area contributed by atoms with Gasteiger partial charge in [-0.05, 0) is 35.4 Å². The number of urea groups is 1. The zero-order valence-electron chi connectivity index (χ0n) is 14.1. The van der Waals surface area contributed by atoms with E-state index in [1.54, 1.807) is 17.5 Å². The molecular formula is C18H21N5OS. The maximum atomic E-state index is 12.5. The van der Waals surface area contributed by atoms with Crippen LogP contribution in [-0.4, -0.2) is 51.4 Å². The molecule has 0 radical (unpaired) electrons. The highest BCUT2D eigenvalue weighted by molar-refractivity contribution is 7.07. The number of carbonyl (C=O) groups excluding carboxylic acids is 1. The maximum absolute atomic E-state index is 12.5. The molecule has 0 aromatic carbocycles. The number of hydrogen-bond donors (Lipinski definition) is 1. The molecule has 3 aromatic rings. The standard InChI is InChI=1S/C18H21N5OS/c1-14(15-3-11-25-13-15)21-7-9-23(10-8-21)18(24)20-16-2-5-22-6-4-19-17(22)12-16/h2-6,11-14H,7-10H2,1H3,(H,20,24)/t14-/m1/s1. The fraction of sp³-hybridized carbons (Fsp3) is 0.333. The van der Waals surface area contributed by atoms with Crippen LogP contribution in [0.2, 0.25) is 0 Å². The molecular weight excluding hydrogens is 334 g/mol. The molecule has 0 aliphatic carbocycles. The van der Waals surface area contributed by atoms with E-state index < -0.39 is 0 Å². The van der Waals surface area contributed by atoms with Crippen molar-refractivity contribution in [2.45, 2.75) is 13.0 Å². The Labute approximate surface area is 150 Å². The summed E-state index contributed by atoms with van der Waals surface area (Å²) in [6.45, 7) is 5.50. The Kier molecular flexibility index (Phi) is 4.42. The van der Waals surface area contributed by atoms with Crippen LogP contribution in [0, 0.1) is 0 Å². The van der Waals surface area contributed by atoms with Crippen LogP contribution in [-0.2, 0) is 0 Å². The van der Waals surface area contributed by atoms with Crippen molar-refractivity contribution in [1.29, 1.82) is 0 Å². The molecule has 0 spiro atoms. The number of thiophene rings is 1. The van der Waals surface area contributed by atoms with Gasteiger partial charge in [-0.2, -0.15) is 11.3 Å². The Morgan fingerprint density at radius 2 is 2.08 bits per heavy atom. The highest BCUT2D eigenvalue weighted by Crippen LogP contribution is 2.23. The van der Waals surface area contributed by atoms with Crippen molar-refractivity contribution in [3.8, 4) is 0 Å². The topological polar surface area (TPSA) is 52.9 Å². The lowest BCUT2D eigenvalue weighted by molar-refractivity contribution is 0.119. The van der Waals surface area contributed by atoms with Crippen LogP contribution >= 0.6 is 11.3 Å². The Morgan fingerprint density at radius 3 is 2.84 bits per heavy atom. The molecule has 130 valence electrons. The van der Waals surface area contributed by atoms with Crippen molar-refractivity contribution >= 4 is 28.7 Å². The number of rotatable bonds is 3. The van der Waals surface area contributed by atoms with Gasteiger partial charge >= 0.3 is 6.03 Å². The van der Waals surface area contributed by atoms with Gasteiger partial charge in [-0.15, -0.1) is 0 Å². The first kappa shape index (κ1) is 16.1. The minimum absolute atomic E-state index is 0.0428. The summed E-state index contributed by atoms with van der Waals surface area (Å²) in [5.41, 5.74) is 2.96. The van der Waals surface area contributed by atoms with E-state index in [4.69, 9.17) is 0 Å². The van der Waals surface area contributed by atoms with Gasteiger partial charge in [-0.3, -0.25) is 4.90 Å². The van der Waals surface area contributed by atoms with Crippen molar-refractivity contribution in [3.05, 3.63) is 53.1 Å². The SMILES string of the molecule is C[C@H](c1ccsc1)N1CCN(C(=O)Nc2ccn3ccnc3c2)CC1. The average molecular weight is 355 g/mol. The normalized spacial score (nSPS) is 16.9. The van der Waals surface area contributed by atoms with E-state index in [0.717, 1.165) is 37.5 Å². The van der Waals surface area contributed by atoms with Crippen molar-refractivity contribution in [1.82, 2.24) is 19.2 Å². The first-order valence-electron chi connectivity index (χ1n) is 8.45. The molecule has 1 saturated heterocycles. The monoisotopic (exact) mass is 355 g/mol. The molecule has 2 amide bonds. The molecule has 0 bridgehead atoms. The van der Waals surface area contributed by atoms with Crippen molar-refractivity contribution in [2.24, 2.45) is 0 Å². The summed E-state index contributed by atoms with van der Waals surface area (Å²) in [6.07, 6.45) is 5.53. The number of piperazine rings is 1. The molecule has 1 aliphatic heterocycles. The first-order valence-corrected chi connectivity index (χ1v) is 9.40. The molecule has 1 atom stereocenters. The highest BCUT2D eigenvalue weighted by atomic mass is 32.1. The maximum Gasteiger partial charge on any atom is 0.321 e. The third-order valence-electron chi connectivity index (χ3n) is 4.82. The molecule has 1 N–H and O–H groups in total. The van der Waals surface area contributed by atoms with E-state index in [1.807, 2.05) is 33.8 Å². The van der Waals surface area contributed by atoms with Crippen LogP contribution in [0.4, 0.5) is 10.5 Å². The van der Waals surface area contributed by atoms with Crippen LogP contribution in [0.5, 0.6) is 0 Å². The van der Waals surface area contributed by atoms with Gasteiger partial charge in [0.15, 0.2) is 0 Å². The van der Waals surface area contributed by atoms with Crippen LogP contribution < -0.4 is 5.32 Å². The number of amides is 2. The second-order valence-electron chi connectivity index (χ2n) is 6.29. The van der Waals surface area contributed by atoms with E-state index in [0.29, 0.717) is 6.04 Å². The zero-order chi connectivity index (χ0) is 17.2. The van der Waals surface area contributed by atoms with Crippen molar-refractivity contribution in [2.75, 3.05) is 31.5 Å². The summed E-state index contributed by atoms with van der Waals surface area (Å²) in [6, 6.07) is 6.31. The summed E-state index contributed by atoms with van der Waals surface area (Å²) in [7, 11) is 0. The lowest BCUT2D eigenvalue weighted by Crippen LogP contribution is -2.50. The lowest BCUT2D eigenvalue weighted by Gasteiger charge is -2.37. The number of nitrogens with zero attached hydrogens (tertiary/aromatic N) is 4. The van der Waals surface area contributed by atoms with E-state index in [9.17, 15) is 4.79 Å². The Bertz CT molecular complexity index is 851. The molecule has 4 heterocycles. The lowest BCUT2D eigenvalue weighted by atomic mass is 10.1. The smallest absolute Gasteiger partial charge is 0.321 e. The highest BCUT2D eigenvalue weighted by Gasteiger charge is 2.25. The first-order chi connectivity index (χ1) is 12.2. The van der Waals surface area contributed by atoms with Gasteiger partial charge in [0.2, 0.25) is 0 Å². The van der Waals surface area contributed by atoms with Crippen LogP contribution in [0.15, 0.2) is 47.5 Å². The van der Waals surface area contributed by atoms with Gasteiger partial charge in [0, 0.05) is 62.6 Å². The zero-order valence-corrected chi connectivity index (χ0v) is 14.9. The third-order valence-corrected chi connectivity index (χ3v) is 5.53. The molecule has 1 aliphatic rings. The van der Waals surface area contributed by atoms with Gasteiger partial charge in [0.25, 0.3) is 0 Å². The molecule has 7 heteroatoms. The molecule has 0 saturated carbocycles. The molecule has 4 rings (SSSR count). The number of fused-ring (bicyclic) bond motifs is 1. The van der Waals surface area contributed by atoms with Gasteiger partial charge in [-0.1, -0.05) is 0 Å². The van der Waals surface area contributed by atoms with E-state index in [-0.39, 0.29) is 6.03 Å². The molecule has 6 nitrogen and oxygen atoms in total. The molecule has 25 heavy (non-hydrogen) atoms. The number of nitrogens with one attached hydrogen (secondary N) is 1. The largest absolute Gasteiger partial charge is 0.322 e. The number of carbonyl (C=O) groups is 1. The van der Waals surface area contributed by atoms with Gasteiger partial charge in [0.05, 0.1) is 0 Å². The fourth-order valence-corrected chi connectivity index (χ4v) is 3.97. The number of anilines is 1. The van der Waals surface area contributed by atoms with E-state index in [1.165, 1.54) is 5.56 Å². The minimum Gasteiger partial charge on any atom is -0.322 e. The Balaban J connectivity index is 1.34. The third kappa shape index (κ3) is 3.38. The van der Waals surface area contributed by atoms with Crippen molar-refractivity contribution < 1.29 is 4.79 Å². The summed E-state index contributed by atoms with van der Waals surface area (Å²) < 4.78 is 1.92. The number of imidazole rings is 1. The van der Waals surface area contributed by atoms with Gasteiger partial charge in [0.1, 0.15) is 5.65 Å². The number of aromatic nitrogens is 2. The van der Waals surface area contributed by atoms with E-state index >= 15 is 0 Å². The molecule has 0 unspecified atom stereocenters. The van der Waals surface area contributed by atoms with Crippen LogP contribution in [0.1, 0.15) is 18.5 Å². The van der Waals surface area contributed by atoms with Gasteiger partial charge < -0.3 is 14.6 Å². The second-order valence-corrected chi connectivity index (χ2v) is 7.07. The second kappa shape index (κ2) is 6.85.